The third-order valence-electron chi connectivity index (χ3n) is 11.8. The molecule has 1 saturated carbocycles. The molecule has 9 rings (SSSR count). The van der Waals surface area contributed by atoms with Crippen LogP contribution in [0.1, 0.15) is 58.9 Å². The lowest BCUT2D eigenvalue weighted by Crippen LogP contribution is -2.71. The van der Waals surface area contributed by atoms with E-state index < -0.39 is 52.4 Å². The summed E-state index contributed by atoms with van der Waals surface area (Å²) in [5, 5.41) is 22.3. The number of oxime groups is 1. The molecule has 3 aliphatic rings. The van der Waals surface area contributed by atoms with Crippen molar-refractivity contribution in [3.63, 3.8) is 0 Å². The van der Waals surface area contributed by atoms with Gasteiger partial charge in [-0.3, -0.25) is 14.5 Å². The van der Waals surface area contributed by atoms with Gasteiger partial charge in [0.15, 0.2) is 16.9 Å². The minimum atomic E-state index is -1.52. The number of fused-ring (bicyclic) bond motifs is 1. The van der Waals surface area contributed by atoms with Gasteiger partial charge in [0.25, 0.3) is 11.8 Å². The molecular formula is C50H42ClN5O7S2. The normalized spacial score (nSPS) is 17.9. The average molecular weight is 925 g/mol. The summed E-state index contributed by atoms with van der Waals surface area (Å²) >= 11 is 8.60. The van der Waals surface area contributed by atoms with E-state index in [-0.39, 0.29) is 41.6 Å². The summed E-state index contributed by atoms with van der Waals surface area (Å²) in [6, 6.07) is 47.6. The Labute approximate surface area is 388 Å². The number of esters is 1. The van der Waals surface area contributed by atoms with Gasteiger partial charge in [0.2, 0.25) is 5.60 Å². The Morgan fingerprint density at radius 1 is 0.831 bits per heavy atom. The minimum absolute atomic E-state index is 0.0573. The second-order valence-corrected chi connectivity index (χ2v) is 18.0. The van der Waals surface area contributed by atoms with Gasteiger partial charge in [-0.15, -0.1) is 34.7 Å². The number of aromatic nitrogens is 1. The summed E-state index contributed by atoms with van der Waals surface area (Å²) < 4.78 is 6.25. The Hall–Kier alpha value is -6.74. The maximum Gasteiger partial charge on any atom is 0.354 e. The van der Waals surface area contributed by atoms with E-state index in [1.807, 2.05) is 152 Å². The summed E-state index contributed by atoms with van der Waals surface area (Å²) in [4.78, 5) is 67.1. The molecular weight excluding hydrogens is 882 g/mol. The van der Waals surface area contributed by atoms with Crippen LogP contribution in [-0.4, -0.2) is 73.1 Å². The molecule has 2 amide bonds. The number of β-lactam (4-membered cyclic amide) rings is 1. The predicted octanol–water partition coefficient (Wildman–Crippen LogP) is 8.50. The van der Waals surface area contributed by atoms with Gasteiger partial charge in [-0.1, -0.05) is 157 Å². The molecule has 1 aromatic heterocycles. The summed E-state index contributed by atoms with van der Waals surface area (Å²) in [5.41, 5.74) is 1.93. The minimum Gasteiger partial charge on any atom is -0.477 e. The van der Waals surface area contributed by atoms with E-state index in [1.165, 1.54) is 23.1 Å². The van der Waals surface area contributed by atoms with Gasteiger partial charge in [-0.2, -0.15) is 0 Å². The van der Waals surface area contributed by atoms with Crippen molar-refractivity contribution in [2.75, 3.05) is 16.9 Å². The first-order valence-corrected chi connectivity index (χ1v) is 23.4. The van der Waals surface area contributed by atoms with Crippen LogP contribution in [0.5, 0.6) is 0 Å². The highest BCUT2D eigenvalue weighted by atomic mass is 35.5. The number of alkyl halides is 1. The van der Waals surface area contributed by atoms with Crippen molar-refractivity contribution in [1.29, 1.82) is 0 Å². The molecule has 3 N–H and O–H groups in total. The van der Waals surface area contributed by atoms with Crippen LogP contribution in [0, 0.1) is 0 Å². The second kappa shape index (κ2) is 18.8. The molecule has 1 saturated heterocycles. The molecule has 6 aromatic rings. The molecule has 15 heteroatoms. The fourth-order valence-electron chi connectivity index (χ4n) is 8.34. The van der Waals surface area contributed by atoms with Gasteiger partial charge in [0.1, 0.15) is 28.3 Å². The Balaban J connectivity index is 1.07. The number of thioether (sulfide) groups is 1. The topological polar surface area (TPSA) is 160 Å². The number of hydrogen-bond donors (Lipinski definition) is 3. The first kappa shape index (κ1) is 43.5. The largest absolute Gasteiger partial charge is 0.477 e. The van der Waals surface area contributed by atoms with Crippen LogP contribution in [-0.2, 0) is 34.3 Å². The average Bonchev–Trinajstić information content (AvgIpc) is 3.80. The van der Waals surface area contributed by atoms with Crippen molar-refractivity contribution in [3.05, 3.63) is 202 Å². The van der Waals surface area contributed by atoms with Gasteiger partial charge in [0, 0.05) is 29.9 Å². The van der Waals surface area contributed by atoms with Crippen molar-refractivity contribution in [2.45, 2.75) is 47.9 Å². The molecule has 2 aliphatic heterocycles. The summed E-state index contributed by atoms with van der Waals surface area (Å²) in [5.74, 6) is -3.13. The number of carboxylic acid groups (broad SMARTS) is 1. The molecule has 0 radical (unpaired) electrons. The number of thiazole rings is 1. The number of nitrogens with one attached hydrogen (secondary N) is 2. The van der Waals surface area contributed by atoms with Crippen LogP contribution in [0.4, 0.5) is 5.13 Å². The predicted molar refractivity (Wildman–Crippen MR) is 250 cm³/mol. The number of halogens is 1. The number of amides is 2. The zero-order chi connectivity index (χ0) is 45.0. The molecule has 12 nitrogen and oxygen atoms in total. The highest BCUT2D eigenvalue weighted by Crippen LogP contribution is 2.43. The van der Waals surface area contributed by atoms with Gasteiger partial charge in [-0.05, 0) is 39.8 Å². The molecule has 3 heterocycles. The molecule has 2 atom stereocenters. The zero-order valence-electron chi connectivity index (χ0n) is 34.7. The molecule has 0 bridgehead atoms. The second-order valence-electron chi connectivity index (χ2n) is 15.7. The van der Waals surface area contributed by atoms with Crippen LogP contribution < -0.4 is 10.6 Å². The van der Waals surface area contributed by atoms with E-state index in [9.17, 15) is 24.3 Å². The third-order valence-corrected chi connectivity index (χ3v) is 14.3. The van der Waals surface area contributed by atoms with E-state index in [0.717, 1.165) is 32.7 Å². The van der Waals surface area contributed by atoms with Crippen molar-refractivity contribution in [1.82, 2.24) is 15.2 Å². The number of carbonyl (C=O) groups excluding carboxylic acids is 3. The number of benzene rings is 5. The summed E-state index contributed by atoms with van der Waals surface area (Å²) in [6.45, 7) is 0. The van der Waals surface area contributed by atoms with E-state index >= 15 is 0 Å². The molecule has 2 fully saturated rings. The fourth-order valence-corrected chi connectivity index (χ4v) is 10.8. The molecule has 1 aliphatic carbocycles. The van der Waals surface area contributed by atoms with Crippen molar-refractivity contribution in [2.24, 2.45) is 5.16 Å². The summed E-state index contributed by atoms with van der Waals surface area (Å²) in [7, 11) is 0. The smallest absolute Gasteiger partial charge is 0.354 e. The lowest BCUT2D eigenvalue weighted by molar-refractivity contribution is -0.189. The summed E-state index contributed by atoms with van der Waals surface area (Å²) in [6.07, 6.45) is 0.460. The number of aliphatic carboxylic acids is 1. The lowest BCUT2D eigenvalue weighted by atomic mass is 9.77. The standard InChI is InChI=1S/C50H42ClN5O7S2/c51-29-34-30-64-45-40(44(58)56(45)41(34)46(59)60)53-43(57)39(55-63-49(27-16-28-49)47(61)62-42(32-17-6-1-7-18-32)33-19-8-2-9-20-33)38-31-65-48(52-38)54-50(35-21-10-3-11-22-35,36-23-12-4-13-24-36)37-25-14-5-15-26-37/h1-15,17-26,31,40,42,45H,16,27-30H2,(H,52,54)(H,53,57)(H,59,60)/b55-39-/t40?,45-/m0/s1. The van der Waals surface area contributed by atoms with Crippen LogP contribution in [0.3, 0.4) is 0 Å². The number of rotatable bonds is 16. The van der Waals surface area contributed by atoms with Gasteiger partial charge in [0.05, 0.1) is 0 Å². The van der Waals surface area contributed by atoms with Crippen molar-refractivity contribution >= 4 is 69.3 Å². The molecule has 0 spiro atoms. The Morgan fingerprint density at radius 3 is 1.83 bits per heavy atom. The molecule has 65 heavy (non-hydrogen) atoms. The van der Waals surface area contributed by atoms with E-state index in [4.69, 9.17) is 26.2 Å². The number of hydrogen-bond acceptors (Lipinski definition) is 11. The van der Waals surface area contributed by atoms with E-state index in [2.05, 4.69) is 15.8 Å². The zero-order valence-corrected chi connectivity index (χ0v) is 37.1. The maximum absolute atomic E-state index is 14.6. The lowest BCUT2D eigenvalue weighted by Gasteiger charge is -2.49. The first-order chi connectivity index (χ1) is 31.7. The fraction of sp³-hybridized carbons (Fsp3) is 0.200. The number of nitrogens with zero attached hydrogens (tertiary/aromatic N) is 3. The van der Waals surface area contributed by atoms with Crippen LogP contribution in [0.2, 0.25) is 0 Å². The molecule has 328 valence electrons. The quantitative estimate of drug-likeness (QED) is 0.0215. The van der Waals surface area contributed by atoms with Gasteiger partial charge in [-0.25, -0.2) is 14.6 Å². The maximum atomic E-state index is 14.6. The monoisotopic (exact) mass is 923 g/mol. The van der Waals surface area contributed by atoms with Gasteiger partial charge < -0.3 is 25.3 Å². The van der Waals surface area contributed by atoms with Gasteiger partial charge >= 0.3 is 11.9 Å². The van der Waals surface area contributed by atoms with Crippen LogP contribution in [0.15, 0.2) is 173 Å². The first-order valence-electron chi connectivity index (χ1n) is 21.0. The molecule has 1 unspecified atom stereocenters. The number of anilines is 1. The van der Waals surface area contributed by atoms with E-state index in [1.54, 1.807) is 5.38 Å². The third kappa shape index (κ3) is 8.40. The SMILES string of the molecule is O=C(O)C1=C(CCl)CS[C@H]2C(NC(=O)/C(=N\OC3(C(=O)OC(c4ccccc4)c4ccccc4)CCC3)c3csc(NC(c4ccccc4)(c4ccccc4)c4ccccc4)n3)C(=O)N12. The van der Waals surface area contributed by atoms with Crippen LogP contribution in [0.25, 0.3) is 0 Å². The molecule has 5 aromatic carbocycles. The Kier molecular flexibility index (Phi) is 12.6. The number of carbonyl (C=O) groups is 4. The Morgan fingerprint density at radius 2 is 1.35 bits per heavy atom. The van der Waals surface area contributed by atoms with E-state index in [0.29, 0.717) is 17.1 Å². The number of carboxylic acids is 1. The highest BCUT2D eigenvalue weighted by Gasteiger charge is 2.55. The van der Waals surface area contributed by atoms with Crippen molar-refractivity contribution < 1.29 is 33.9 Å². The Bertz CT molecular complexity index is 2620. The van der Waals surface area contributed by atoms with Crippen LogP contribution >= 0.6 is 34.7 Å². The van der Waals surface area contributed by atoms with Crippen molar-refractivity contribution in [3.8, 4) is 0 Å². The number of ether oxygens (including phenoxy) is 1. The highest BCUT2D eigenvalue weighted by molar-refractivity contribution is 8.00.